The minimum atomic E-state index is -2.97. The van der Waals surface area contributed by atoms with Crippen molar-refractivity contribution in [2.24, 2.45) is 0 Å². The molecule has 138 valence electrons. The summed E-state index contributed by atoms with van der Waals surface area (Å²) in [6.07, 6.45) is 2.53. The van der Waals surface area contributed by atoms with Crippen LogP contribution in [0.2, 0.25) is 0 Å². The molecule has 2 aromatic rings. The number of likely N-dealkylation sites (tertiary alicyclic amines) is 1. The first-order valence-electron chi connectivity index (χ1n) is 8.74. The van der Waals surface area contributed by atoms with Crippen LogP contribution in [0, 0.1) is 0 Å². The third kappa shape index (κ3) is 5.02. The van der Waals surface area contributed by atoms with E-state index in [1.54, 1.807) is 12.1 Å². The Kier molecular flexibility index (Phi) is 6.17. The number of hydrogen-bond donors (Lipinski definition) is 1. The molecule has 0 unspecified atom stereocenters. The molecule has 0 saturated carbocycles. The molecule has 1 heterocycles. The Morgan fingerprint density at radius 3 is 2.38 bits per heavy atom. The molecule has 3 rings (SSSR count). The number of amides is 1. The highest BCUT2D eigenvalue weighted by Crippen LogP contribution is 2.20. The van der Waals surface area contributed by atoms with Crippen molar-refractivity contribution >= 4 is 5.91 Å². The smallest absolute Gasteiger partial charge is 0.387 e. The fourth-order valence-electron chi connectivity index (χ4n) is 3.09. The van der Waals surface area contributed by atoms with Crippen molar-refractivity contribution < 1.29 is 18.3 Å². The van der Waals surface area contributed by atoms with E-state index >= 15 is 0 Å². The third-order valence-electron chi connectivity index (χ3n) is 4.43. The second-order valence-electron chi connectivity index (χ2n) is 6.36. The van der Waals surface area contributed by atoms with Gasteiger partial charge in [-0.1, -0.05) is 36.4 Å². The molecule has 6 heteroatoms. The predicted octanol–water partition coefficient (Wildman–Crippen LogP) is 3.81. The lowest BCUT2D eigenvalue weighted by molar-refractivity contribution is -0.0501. The van der Waals surface area contributed by atoms with Gasteiger partial charge in [0.05, 0.1) is 5.56 Å². The minimum absolute atomic E-state index is 0.0958. The number of halogens is 2. The monoisotopic (exact) mass is 360 g/mol. The van der Waals surface area contributed by atoms with Crippen molar-refractivity contribution in [3.8, 4) is 5.75 Å². The summed E-state index contributed by atoms with van der Waals surface area (Å²) >= 11 is 0. The van der Waals surface area contributed by atoms with Crippen molar-refractivity contribution in [2.45, 2.75) is 32.5 Å². The summed E-state index contributed by atoms with van der Waals surface area (Å²) in [4.78, 5) is 14.7. The minimum Gasteiger partial charge on any atom is -0.434 e. The first-order valence-corrected chi connectivity index (χ1v) is 8.74. The Morgan fingerprint density at radius 2 is 1.69 bits per heavy atom. The van der Waals surface area contributed by atoms with Gasteiger partial charge in [0.25, 0.3) is 5.91 Å². The maximum Gasteiger partial charge on any atom is 0.387 e. The SMILES string of the molecule is O=C(NCc1ccc(CN2CCCC2)cc1)c1ccccc1OC(F)F. The second kappa shape index (κ2) is 8.76. The van der Waals surface area contributed by atoms with Gasteiger partial charge in [-0.25, -0.2) is 0 Å². The lowest BCUT2D eigenvalue weighted by Gasteiger charge is -2.15. The summed E-state index contributed by atoms with van der Waals surface area (Å²) in [5.74, 6) is -0.566. The molecule has 0 bridgehead atoms. The number of rotatable bonds is 7. The summed E-state index contributed by atoms with van der Waals surface area (Å²) in [5.41, 5.74) is 2.30. The van der Waals surface area contributed by atoms with Crippen molar-refractivity contribution in [3.05, 3.63) is 65.2 Å². The van der Waals surface area contributed by atoms with Gasteiger partial charge in [0, 0.05) is 13.1 Å². The van der Waals surface area contributed by atoms with E-state index in [1.807, 2.05) is 12.1 Å². The molecule has 1 amide bonds. The molecule has 0 atom stereocenters. The van der Waals surface area contributed by atoms with Gasteiger partial charge in [-0.3, -0.25) is 9.69 Å². The maximum absolute atomic E-state index is 12.4. The number of carbonyl (C=O) groups excluding carboxylic acids is 1. The number of alkyl halides is 2. The molecule has 1 N–H and O–H groups in total. The molecule has 26 heavy (non-hydrogen) atoms. The summed E-state index contributed by atoms with van der Waals surface area (Å²) in [7, 11) is 0. The topological polar surface area (TPSA) is 41.6 Å². The van der Waals surface area contributed by atoms with Gasteiger partial charge in [-0.05, 0) is 49.2 Å². The zero-order valence-corrected chi connectivity index (χ0v) is 14.5. The van der Waals surface area contributed by atoms with Crippen LogP contribution >= 0.6 is 0 Å². The molecule has 1 saturated heterocycles. The van der Waals surface area contributed by atoms with E-state index in [9.17, 15) is 13.6 Å². The van der Waals surface area contributed by atoms with Gasteiger partial charge in [0.1, 0.15) is 5.75 Å². The molecule has 2 aromatic carbocycles. The van der Waals surface area contributed by atoms with Crippen molar-refractivity contribution in [1.82, 2.24) is 10.2 Å². The number of nitrogens with one attached hydrogen (secondary N) is 1. The molecule has 0 aromatic heterocycles. The molecule has 4 nitrogen and oxygen atoms in total. The van der Waals surface area contributed by atoms with Crippen molar-refractivity contribution in [1.29, 1.82) is 0 Å². The second-order valence-corrected chi connectivity index (χ2v) is 6.36. The normalized spacial score (nSPS) is 14.6. The maximum atomic E-state index is 12.4. The Morgan fingerprint density at radius 1 is 1.04 bits per heavy atom. The molecule has 0 radical (unpaired) electrons. The summed E-state index contributed by atoms with van der Waals surface area (Å²) in [5, 5.41) is 2.75. The van der Waals surface area contributed by atoms with Gasteiger partial charge in [-0.2, -0.15) is 8.78 Å². The van der Waals surface area contributed by atoms with E-state index in [4.69, 9.17) is 0 Å². The number of hydrogen-bond acceptors (Lipinski definition) is 3. The van der Waals surface area contributed by atoms with Crippen LogP contribution in [-0.4, -0.2) is 30.5 Å². The van der Waals surface area contributed by atoms with E-state index in [-0.39, 0.29) is 11.3 Å². The fraction of sp³-hybridized carbons (Fsp3) is 0.350. The van der Waals surface area contributed by atoms with Crippen molar-refractivity contribution in [3.63, 3.8) is 0 Å². The first-order chi connectivity index (χ1) is 12.6. The first kappa shape index (κ1) is 18.3. The van der Waals surface area contributed by atoms with Gasteiger partial charge < -0.3 is 10.1 Å². The Balaban J connectivity index is 1.56. The van der Waals surface area contributed by atoms with Crippen LogP contribution in [-0.2, 0) is 13.1 Å². The van der Waals surface area contributed by atoms with Crippen molar-refractivity contribution in [2.75, 3.05) is 13.1 Å². The highest BCUT2D eigenvalue weighted by Gasteiger charge is 2.15. The van der Waals surface area contributed by atoms with Crippen LogP contribution in [0.25, 0.3) is 0 Å². The van der Waals surface area contributed by atoms with E-state index in [0.29, 0.717) is 6.54 Å². The third-order valence-corrected chi connectivity index (χ3v) is 4.43. The van der Waals surface area contributed by atoms with Crippen LogP contribution in [0.15, 0.2) is 48.5 Å². The lowest BCUT2D eigenvalue weighted by atomic mass is 10.1. The molecule has 1 aliphatic rings. The number of benzene rings is 2. The van der Waals surface area contributed by atoms with Crippen LogP contribution in [0.3, 0.4) is 0 Å². The fourth-order valence-corrected chi connectivity index (χ4v) is 3.09. The van der Waals surface area contributed by atoms with Gasteiger partial charge in [0.15, 0.2) is 0 Å². The predicted molar refractivity (Wildman–Crippen MR) is 95.2 cm³/mol. The van der Waals surface area contributed by atoms with Gasteiger partial charge in [0.2, 0.25) is 0 Å². The summed E-state index contributed by atoms with van der Waals surface area (Å²) in [6.45, 7) is 0.610. The number of nitrogens with zero attached hydrogens (tertiary/aromatic N) is 1. The van der Waals surface area contributed by atoms with Crippen LogP contribution in [0.4, 0.5) is 8.78 Å². The zero-order chi connectivity index (χ0) is 18.4. The van der Waals surface area contributed by atoms with Crippen LogP contribution < -0.4 is 10.1 Å². The lowest BCUT2D eigenvalue weighted by Crippen LogP contribution is -2.24. The quantitative estimate of drug-likeness (QED) is 0.816. The average molecular weight is 360 g/mol. The van der Waals surface area contributed by atoms with Gasteiger partial charge in [-0.15, -0.1) is 0 Å². The molecule has 1 aliphatic heterocycles. The van der Waals surface area contributed by atoms with E-state index in [2.05, 4.69) is 27.1 Å². The summed E-state index contributed by atoms with van der Waals surface area (Å²) in [6, 6.07) is 14.1. The number of carbonyl (C=O) groups is 1. The molecular weight excluding hydrogens is 338 g/mol. The zero-order valence-electron chi connectivity index (χ0n) is 14.5. The highest BCUT2D eigenvalue weighted by molar-refractivity contribution is 5.96. The molecular formula is C20H22F2N2O2. The average Bonchev–Trinajstić information content (AvgIpc) is 3.14. The largest absolute Gasteiger partial charge is 0.434 e. The Bertz CT molecular complexity index is 729. The summed E-state index contributed by atoms with van der Waals surface area (Å²) < 4.78 is 29.3. The van der Waals surface area contributed by atoms with Crippen LogP contribution in [0.5, 0.6) is 5.75 Å². The number of ether oxygens (including phenoxy) is 1. The van der Waals surface area contributed by atoms with E-state index in [1.165, 1.54) is 30.5 Å². The Labute approximate surface area is 151 Å². The molecule has 1 fully saturated rings. The molecule has 0 aliphatic carbocycles. The number of para-hydroxylation sites is 1. The highest BCUT2D eigenvalue weighted by atomic mass is 19.3. The van der Waals surface area contributed by atoms with Crippen LogP contribution in [0.1, 0.15) is 34.3 Å². The standard InChI is InChI=1S/C20H22F2N2O2/c21-20(22)26-18-6-2-1-5-17(18)19(25)23-13-15-7-9-16(10-8-15)14-24-11-3-4-12-24/h1-2,5-10,20H,3-4,11-14H2,(H,23,25). The van der Waals surface area contributed by atoms with E-state index < -0.39 is 12.5 Å². The molecule has 0 spiro atoms. The van der Waals surface area contributed by atoms with E-state index in [0.717, 1.165) is 25.2 Å². The Hall–Kier alpha value is -2.47. The van der Waals surface area contributed by atoms with Gasteiger partial charge >= 0.3 is 6.61 Å².